The zero-order chi connectivity index (χ0) is 22.0. The Kier molecular flexibility index (Phi) is 5.99. The second-order valence-corrected chi connectivity index (χ2v) is 7.95. The number of ketones is 1. The number of carbonyl (C=O) groups is 1. The fourth-order valence-electron chi connectivity index (χ4n) is 3.89. The number of hydrogen-bond acceptors (Lipinski definition) is 6. The number of aromatic nitrogens is 5. The SMILES string of the molecule is Cn1cnnc1-c1ccc2cnc(CC(=O)C3CCN(CCC(F)(F)F)CC3)nc2c1. The fraction of sp³-hybridized carbons (Fsp3) is 0.476. The van der Waals surface area contributed by atoms with E-state index in [1.807, 2.05) is 29.8 Å². The topological polar surface area (TPSA) is 76.8 Å². The molecule has 0 spiro atoms. The largest absolute Gasteiger partial charge is 0.390 e. The van der Waals surface area contributed by atoms with E-state index in [2.05, 4.69) is 20.2 Å². The monoisotopic (exact) mass is 432 g/mol. The van der Waals surface area contributed by atoms with E-state index in [1.54, 1.807) is 17.4 Å². The first kappa shape index (κ1) is 21.4. The van der Waals surface area contributed by atoms with E-state index in [0.717, 1.165) is 22.3 Å². The Balaban J connectivity index is 1.39. The molecule has 4 rings (SSSR count). The predicted molar refractivity (Wildman–Crippen MR) is 108 cm³/mol. The number of benzene rings is 1. The summed E-state index contributed by atoms with van der Waals surface area (Å²) in [4.78, 5) is 23.4. The Labute approximate surface area is 177 Å². The van der Waals surface area contributed by atoms with Gasteiger partial charge >= 0.3 is 6.18 Å². The van der Waals surface area contributed by atoms with E-state index >= 15 is 0 Å². The molecule has 0 atom stereocenters. The number of fused-ring (bicyclic) bond motifs is 1. The molecule has 0 N–H and O–H groups in total. The van der Waals surface area contributed by atoms with Crippen LogP contribution in [0, 0.1) is 5.92 Å². The van der Waals surface area contributed by atoms with Crippen molar-refractivity contribution >= 4 is 16.7 Å². The molecular formula is C21H23F3N6O. The van der Waals surface area contributed by atoms with Gasteiger partial charge in [-0.25, -0.2) is 9.97 Å². The Morgan fingerprint density at radius 2 is 2.00 bits per heavy atom. The Morgan fingerprint density at radius 1 is 1.23 bits per heavy atom. The first-order chi connectivity index (χ1) is 14.8. The highest BCUT2D eigenvalue weighted by Crippen LogP contribution is 2.25. The molecule has 0 bridgehead atoms. The molecule has 164 valence electrons. The Bertz CT molecular complexity index is 1070. The number of alkyl halides is 3. The van der Waals surface area contributed by atoms with Gasteiger partial charge in [0.25, 0.3) is 0 Å². The summed E-state index contributed by atoms with van der Waals surface area (Å²) >= 11 is 0. The lowest BCUT2D eigenvalue weighted by Crippen LogP contribution is -2.38. The molecule has 0 radical (unpaired) electrons. The van der Waals surface area contributed by atoms with Crippen LogP contribution in [0.1, 0.15) is 25.1 Å². The van der Waals surface area contributed by atoms with Crippen molar-refractivity contribution in [3.05, 3.63) is 36.5 Å². The second kappa shape index (κ2) is 8.70. The third-order valence-electron chi connectivity index (χ3n) is 5.69. The highest BCUT2D eigenvalue weighted by molar-refractivity contribution is 5.85. The number of Topliss-reactive ketones (excluding diaryl/α,β-unsaturated/α-hetero) is 1. The molecular weight excluding hydrogens is 409 g/mol. The summed E-state index contributed by atoms with van der Waals surface area (Å²) in [5.41, 5.74) is 1.59. The molecule has 1 saturated heterocycles. The molecule has 0 unspecified atom stereocenters. The van der Waals surface area contributed by atoms with Crippen LogP contribution in [-0.2, 0) is 18.3 Å². The Morgan fingerprint density at radius 3 is 2.68 bits per heavy atom. The van der Waals surface area contributed by atoms with Crippen molar-refractivity contribution in [1.29, 1.82) is 0 Å². The van der Waals surface area contributed by atoms with Gasteiger partial charge in [-0.3, -0.25) is 4.79 Å². The number of hydrogen-bond donors (Lipinski definition) is 0. The third kappa shape index (κ3) is 5.25. The van der Waals surface area contributed by atoms with Crippen LogP contribution >= 0.6 is 0 Å². The van der Waals surface area contributed by atoms with E-state index in [4.69, 9.17) is 0 Å². The Hall–Kier alpha value is -2.88. The van der Waals surface area contributed by atoms with Gasteiger partial charge in [0.1, 0.15) is 17.9 Å². The summed E-state index contributed by atoms with van der Waals surface area (Å²) in [6, 6.07) is 5.73. The summed E-state index contributed by atoms with van der Waals surface area (Å²) < 4.78 is 39.0. The first-order valence-corrected chi connectivity index (χ1v) is 10.2. The van der Waals surface area contributed by atoms with Crippen molar-refractivity contribution in [3.8, 4) is 11.4 Å². The lowest BCUT2D eigenvalue weighted by atomic mass is 9.90. The average Bonchev–Trinajstić information content (AvgIpc) is 3.17. The molecule has 3 aromatic rings. The van der Waals surface area contributed by atoms with E-state index in [9.17, 15) is 18.0 Å². The molecule has 3 heterocycles. The van der Waals surface area contributed by atoms with Gasteiger partial charge < -0.3 is 9.47 Å². The second-order valence-electron chi connectivity index (χ2n) is 7.95. The van der Waals surface area contributed by atoms with Crippen LogP contribution in [-0.4, -0.2) is 61.2 Å². The normalized spacial score (nSPS) is 16.1. The molecule has 1 aliphatic heterocycles. The van der Waals surface area contributed by atoms with Gasteiger partial charge in [0.15, 0.2) is 5.82 Å². The summed E-state index contributed by atoms with van der Waals surface area (Å²) in [6.45, 7) is 1.00. The van der Waals surface area contributed by atoms with Crippen LogP contribution in [0.25, 0.3) is 22.3 Å². The number of halogens is 3. The quantitative estimate of drug-likeness (QED) is 0.595. The van der Waals surface area contributed by atoms with Crippen molar-refractivity contribution in [3.63, 3.8) is 0 Å². The van der Waals surface area contributed by atoms with Crippen molar-refractivity contribution in [2.24, 2.45) is 13.0 Å². The van der Waals surface area contributed by atoms with Crippen LogP contribution in [0.15, 0.2) is 30.7 Å². The molecule has 2 aromatic heterocycles. The van der Waals surface area contributed by atoms with Crippen LogP contribution in [0.4, 0.5) is 13.2 Å². The highest BCUT2D eigenvalue weighted by atomic mass is 19.4. The number of nitrogens with zero attached hydrogens (tertiary/aromatic N) is 6. The molecule has 0 saturated carbocycles. The van der Waals surface area contributed by atoms with Gasteiger partial charge in [0.2, 0.25) is 0 Å². The summed E-state index contributed by atoms with van der Waals surface area (Å²) in [6.07, 6.45) is -0.374. The minimum absolute atomic E-state index is 0.00789. The van der Waals surface area contributed by atoms with Gasteiger partial charge in [-0.1, -0.05) is 12.1 Å². The van der Waals surface area contributed by atoms with Crippen molar-refractivity contribution in [2.45, 2.75) is 31.9 Å². The van der Waals surface area contributed by atoms with Crippen molar-refractivity contribution < 1.29 is 18.0 Å². The van der Waals surface area contributed by atoms with Crippen LogP contribution in [0.2, 0.25) is 0 Å². The molecule has 1 fully saturated rings. The highest BCUT2D eigenvalue weighted by Gasteiger charge is 2.30. The summed E-state index contributed by atoms with van der Waals surface area (Å²) in [5.74, 6) is 1.05. The van der Waals surface area contributed by atoms with Gasteiger partial charge in [-0.2, -0.15) is 13.2 Å². The van der Waals surface area contributed by atoms with Crippen LogP contribution < -0.4 is 0 Å². The lowest BCUT2D eigenvalue weighted by molar-refractivity contribution is -0.139. The van der Waals surface area contributed by atoms with Crippen LogP contribution in [0.5, 0.6) is 0 Å². The van der Waals surface area contributed by atoms with E-state index in [-0.39, 0.29) is 24.7 Å². The maximum Gasteiger partial charge on any atom is 0.390 e. The van der Waals surface area contributed by atoms with Gasteiger partial charge in [-0.15, -0.1) is 10.2 Å². The zero-order valence-corrected chi connectivity index (χ0v) is 17.1. The molecule has 31 heavy (non-hydrogen) atoms. The number of likely N-dealkylation sites (tertiary alicyclic amines) is 1. The average molecular weight is 432 g/mol. The van der Waals surface area contributed by atoms with Gasteiger partial charge in [-0.05, 0) is 32.0 Å². The predicted octanol–water partition coefficient (Wildman–Crippen LogP) is 3.20. The van der Waals surface area contributed by atoms with E-state index < -0.39 is 12.6 Å². The maximum atomic E-state index is 12.7. The molecule has 7 nitrogen and oxygen atoms in total. The van der Waals surface area contributed by atoms with E-state index in [1.165, 1.54) is 0 Å². The van der Waals surface area contributed by atoms with E-state index in [0.29, 0.717) is 31.8 Å². The van der Waals surface area contributed by atoms with Crippen LogP contribution in [0.3, 0.4) is 0 Å². The molecule has 10 heteroatoms. The molecule has 1 aromatic carbocycles. The molecule has 1 aliphatic rings. The number of rotatable bonds is 6. The zero-order valence-electron chi connectivity index (χ0n) is 17.1. The number of carbonyl (C=O) groups excluding carboxylic acids is 1. The number of piperidine rings is 1. The van der Waals surface area contributed by atoms with Gasteiger partial charge in [0, 0.05) is 36.7 Å². The third-order valence-corrected chi connectivity index (χ3v) is 5.69. The smallest absolute Gasteiger partial charge is 0.317 e. The summed E-state index contributed by atoms with van der Waals surface area (Å²) in [7, 11) is 1.86. The number of aryl methyl sites for hydroxylation is 1. The molecule has 0 amide bonds. The maximum absolute atomic E-state index is 12.7. The minimum atomic E-state index is -4.15. The first-order valence-electron chi connectivity index (χ1n) is 10.2. The standard InChI is InChI=1S/C21H23F3N6O/c1-29-13-26-28-20(29)15-2-3-16-12-25-19(27-17(16)10-15)11-18(31)14-4-7-30(8-5-14)9-6-21(22,23)24/h2-3,10,12-14H,4-9,11H2,1H3. The van der Waals surface area contributed by atoms with Crippen molar-refractivity contribution in [2.75, 3.05) is 19.6 Å². The lowest BCUT2D eigenvalue weighted by Gasteiger charge is -2.31. The fourth-order valence-corrected chi connectivity index (χ4v) is 3.89. The van der Waals surface area contributed by atoms with Crippen molar-refractivity contribution in [1.82, 2.24) is 29.6 Å². The minimum Gasteiger partial charge on any atom is -0.317 e. The molecule has 0 aliphatic carbocycles. The summed E-state index contributed by atoms with van der Waals surface area (Å²) in [5, 5.41) is 8.86. The van der Waals surface area contributed by atoms with Gasteiger partial charge in [0.05, 0.1) is 18.4 Å².